The van der Waals surface area contributed by atoms with Gasteiger partial charge in [-0.15, -0.1) is 0 Å². The molecule has 13 heavy (non-hydrogen) atoms. The SMILES string of the molecule is N/N=C/C=C/c1ccc([N+](=O)[O-])o1. The van der Waals surface area contributed by atoms with E-state index >= 15 is 0 Å². The van der Waals surface area contributed by atoms with E-state index < -0.39 is 4.92 Å². The van der Waals surface area contributed by atoms with Crippen LogP contribution in [0.4, 0.5) is 5.88 Å². The van der Waals surface area contributed by atoms with Crippen molar-refractivity contribution in [2.75, 3.05) is 0 Å². The van der Waals surface area contributed by atoms with Gasteiger partial charge in [-0.1, -0.05) is 0 Å². The third-order valence-corrected chi connectivity index (χ3v) is 1.23. The summed E-state index contributed by atoms with van der Waals surface area (Å²) >= 11 is 0. The molecule has 1 rings (SSSR count). The molecule has 0 unspecified atom stereocenters. The number of furan rings is 1. The third-order valence-electron chi connectivity index (χ3n) is 1.23. The average molecular weight is 181 g/mol. The molecule has 0 fully saturated rings. The topological polar surface area (TPSA) is 94.7 Å². The van der Waals surface area contributed by atoms with Gasteiger partial charge in [0.1, 0.15) is 10.7 Å². The highest BCUT2D eigenvalue weighted by Crippen LogP contribution is 2.16. The Balaban J connectivity index is 2.74. The van der Waals surface area contributed by atoms with E-state index in [-0.39, 0.29) is 5.88 Å². The van der Waals surface area contributed by atoms with Crippen LogP contribution in [0.1, 0.15) is 5.76 Å². The van der Waals surface area contributed by atoms with Crippen LogP contribution in [0.5, 0.6) is 0 Å². The second-order valence-corrected chi connectivity index (χ2v) is 2.09. The van der Waals surface area contributed by atoms with Crippen molar-refractivity contribution in [3.63, 3.8) is 0 Å². The van der Waals surface area contributed by atoms with Gasteiger partial charge in [0.2, 0.25) is 0 Å². The van der Waals surface area contributed by atoms with Crippen LogP contribution in [0.2, 0.25) is 0 Å². The number of hydrogen-bond donors (Lipinski definition) is 1. The first-order chi connectivity index (χ1) is 6.24. The lowest BCUT2D eigenvalue weighted by atomic mass is 10.4. The Bertz CT molecular complexity index is 354. The minimum atomic E-state index is -0.603. The molecule has 1 heterocycles. The number of hydrazone groups is 1. The lowest BCUT2D eigenvalue weighted by Gasteiger charge is -1.81. The van der Waals surface area contributed by atoms with E-state index in [1.54, 1.807) is 0 Å². The standard InChI is InChI=1S/C7H7N3O3/c8-9-5-1-2-6-3-4-7(13-6)10(11)12/h1-5H,8H2/b2-1+,9-5+. The Kier molecular flexibility index (Phi) is 2.80. The molecule has 6 heteroatoms. The second kappa shape index (κ2) is 4.05. The number of nitrogens with zero attached hydrogens (tertiary/aromatic N) is 2. The molecule has 1 aromatic heterocycles. The van der Waals surface area contributed by atoms with Crippen LogP contribution in [-0.4, -0.2) is 11.1 Å². The van der Waals surface area contributed by atoms with Crippen molar-refractivity contribution in [1.29, 1.82) is 0 Å². The largest absolute Gasteiger partial charge is 0.433 e. The van der Waals surface area contributed by atoms with Crippen molar-refractivity contribution in [3.05, 3.63) is 34.1 Å². The fourth-order valence-electron chi connectivity index (χ4n) is 0.717. The van der Waals surface area contributed by atoms with Crippen molar-refractivity contribution in [3.8, 4) is 0 Å². The van der Waals surface area contributed by atoms with Gasteiger partial charge in [-0.25, -0.2) is 0 Å². The molecule has 0 saturated heterocycles. The minimum absolute atomic E-state index is 0.288. The van der Waals surface area contributed by atoms with Crippen molar-refractivity contribution < 1.29 is 9.34 Å². The summed E-state index contributed by atoms with van der Waals surface area (Å²) in [5.74, 6) is 4.92. The first kappa shape index (κ1) is 8.98. The number of hydrogen-bond acceptors (Lipinski definition) is 5. The predicted octanol–water partition coefficient (Wildman–Crippen LogP) is 1.15. The predicted molar refractivity (Wildman–Crippen MR) is 47.1 cm³/mol. The maximum atomic E-state index is 10.2. The molecule has 2 N–H and O–H groups in total. The van der Waals surface area contributed by atoms with Crippen LogP contribution >= 0.6 is 0 Å². The molecule has 0 amide bonds. The molecule has 68 valence electrons. The summed E-state index contributed by atoms with van der Waals surface area (Å²) in [6.45, 7) is 0. The quantitative estimate of drug-likeness (QED) is 0.327. The minimum Gasteiger partial charge on any atom is -0.401 e. The van der Waals surface area contributed by atoms with Crippen molar-refractivity contribution in [2.45, 2.75) is 0 Å². The van der Waals surface area contributed by atoms with E-state index in [0.717, 1.165) is 0 Å². The first-order valence-electron chi connectivity index (χ1n) is 3.38. The van der Waals surface area contributed by atoms with E-state index in [0.29, 0.717) is 5.76 Å². The summed E-state index contributed by atoms with van der Waals surface area (Å²) in [5.41, 5.74) is 0. The monoisotopic (exact) mass is 181 g/mol. The molecule has 0 saturated carbocycles. The van der Waals surface area contributed by atoms with E-state index in [9.17, 15) is 10.1 Å². The number of nitrogens with two attached hydrogens (primary N) is 1. The van der Waals surface area contributed by atoms with E-state index in [1.807, 2.05) is 0 Å². The fraction of sp³-hybridized carbons (Fsp3) is 0. The van der Waals surface area contributed by atoms with E-state index in [4.69, 9.17) is 10.3 Å². The smallest absolute Gasteiger partial charge is 0.401 e. The van der Waals surface area contributed by atoms with E-state index in [2.05, 4.69) is 5.10 Å². The molecule has 0 aromatic carbocycles. The van der Waals surface area contributed by atoms with Gasteiger partial charge in [-0.3, -0.25) is 10.1 Å². The van der Waals surface area contributed by atoms with Gasteiger partial charge in [-0.05, 0) is 18.2 Å². The first-order valence-corrected chi connectivity index (χ1v) is 3.38. The van der Waals surface area contributed by atoms with Crippen LogP contribution in [0.3, 0.4) is 0 Å². The molecule has 0 aliphatic rings. The van der Waals surface area contributed by atoms with Crippen molar-refractivity contribution >= 4 is 18.2 Å². The van der Waals surface area contributed by atoms with Gasteiger partial charge in [-0.2, -0.15) is 5.10 Å². The van der Waals surface area contributed by atoms with Gasteiger partial charge in [0, 0.05) is 6.21 Å². The molecular formula is C7H7N3O3. The van der Waals surface area contributed by atoms with Gasteiger partial charge in [0.05, 0.1) is 6.07 Å². The molecule has 0 aliphatic carbocycles. The summed E-state index contributed by atoms with van der Waals surface area (Å²) in [7, 11) is 0. The van der Waals surface area contributed by atoms with Crippen LogP contribution in [0, 0.1) is 10.1 Å². The van der Waals surface area contributed by atoms with Crippen molar-refractivity contribution in [1.82, 2.24) is 0 Å². The van der Waals surface area contributed by atoms with Crippen LogP contribution in [-0.2, 0) is 0 Å². The fourth-order valence-corrected chi connectivity index (χ4v) is 0.717. The molecule has 1 aromatic rings. The summed E-state index contributed by atoms with van der Waals surface area (Å²) in [4.78, 5) is 9.58. The zero-order valence-electron chi connectivity index (χ0n) is 6.58. The zero-order chi connectivity index (χ0) is 9.68. The van der Waals surface area contributed by atoms with Crippen LogP contribution < -0.4 is 5.84 Å². The Hall–Kier alpha value is -2.11. The highest BCUT2D eigenvalue weighted by atomic mass is 16.6. The molecule has 6 nitrogen and oxygen atoms in total. The highest BCUT2D eigenvalue weighted by Gasteiger charge is 2.09. The van der Waals surface area contributed by atoms with Gasteiger partial charge in [0.15, 0.2) is 0 Å². The van der Waals surface area contributed by atoms with E-state index in [1.165, 1.54) is 30.5 Å². The molecule has 0 atom stereocenters. The normalized spacial score (nSPS) is 11.4. The molecule has 0 spiro atoms. The average Bonchev–Trinajstić information content (AvgIpc) is 2.53. The Morgan fingerprint density at radius 1 is 1.62 bits per heavy atom. The molecular weight excluding hydrogens is 174 g/mol. The number of allylic oxidation sites excluding steroid dienone is 1. The van der Waals surface area contributed by atoms with Crippen molar-refractivity contribution in [2.24, 2.45) is 10.9 Å². The Morgan fingerprint density at radius 2 is 2.38 bits per heavy atom. The Labute approximate surface area is 73.5 Å². The summed E-state index contributed by atoms with van der Waals surface area (Å²) in [6.07, 6.45) is 4.38. The van der Waals surface area contributed by atoms with Gasteiger partial charge in [0.25, 0.3) is 0 Å². The maximum Gasteiger partial charge on any atom is 0.433 e. The summed E-state index contributed by atoms with van der Waals surface area (Å²) in [5, 5.41) is 13.4. The van der Waals surface area contributed by atoms with Gasteiger partial charge >= 0.3 is 5.88 Å². The molecule has 0 bridgehead atoms. The maximum absolute atomic E-state index is 10.2. The lowest BCUT2D eigenvalue weighted by Crippen LogP contribution is -1.82. The molecule has 0 aliphatic heterocycles. The van der Waals surface area contributed by atoms with Gasteiger partial charge < -0.3 is 10.3 Å². The Morgan fingerprint density at radius 3 is 2.92 bits per heavy atom. The lowest BCUT2D eigenvalue weighted by molar-refractivity contribution is -0.402. The second-order valence-electron chi connectivity index (χ2n) is 2.09. The third kappa shape index (κ3) is 2.44. The summed E-state index contributed by atoms with van der Waals surface area (Å²) in [6, 6.07) is 2.76. The number of nitro groups is 1. The summed E-state index contributed by atoms with van der Waals surface area (Å²) < 4.78 is 4.80. The van der Waals surface area contributed by atoms with Crippen LogP contribution in [0.15, 0.2) is 27.7 Å². The van der Waals surface area contributed by atoms with Crippen LogP contribution in [0.25, 0.3) is 6.08 Å². The zero-order valence-corrected chi connectivity index (χ0v) is 6.58. The highest BCUT2D eigenvalue weighted by molar-refractivity contribution is 5.77. The molecule has 0 radical (unpaired) electrons. The number of rotatable bonds is 3.